The number of hydrogen-bond acceptors (Lipinski definition) is 3. The molecule has 16 rings (SSSR count). The summed E-state index contributed by atoms with van der Waals surface area (Å²) in [7, 11) is 0. The highest BCUT2D eigenvalue weighted by Gasteiger charge is 2.47. The Morgan fingerprint density at radius 3 is 1.48 bits per heavy atom. The molecule has 10 aromatic carbocycles. The Bertz CT molecular complexity index is 5070. The third-order valence-electron chi connectivity index (χ3n) is 19.8. The maximum atomic E-state index is 6.67. The number of furan rings is 1. The van der Waals surface area contributed by atoms with Gasteiger partial charge in [-0.05, 0) is 186 Å². The van der Waals surface area contributed by atoms with Crippen molar-refractivity contribution in [2.75, 3.05) is 9.80 Å². The van der Waals surface area contributed by atoms with Crippen LogP contribution in [-0.4, -0.2) is 15.8 Å². The van der Waals surface area contributed by atoms with Crippen LogP contribution in [0.2, 0.25) is 0 Å². The zero-order valence-corrected chi connectivity index (χ0v) is 53.5. The van der Waals surface area contributed by atoms with Crippen LogP contribution in [0.25, 0.3) is 88.1 Å². The lowest BCUT2D eigenvalue weighted by Gasteiger charge is -2.47. The van der Waals surface area contributed by atoms with Crippen LogP contribution < -0.4 is 26.2 Å². The fraction of sp³-hybridized carbons (Fsp3) is 0.259. The molecule has 0 saturated heterocycles. The summed E-state index contributed by atoms with van der Waals surface area (Å²) in [6.45, 7) is 37.5. The van der Waals surface area contributed by atoms with E-state index in [-0.39, 0.29) is 33.8 Å². The molecule has 87 heavy (non-hydrogen) atoms. The molecule has 6 heterocycles. The monoisotopic (exact) mass is 1130 g/mol. The van der Waals surface area contributed by atoms with Crippen LogP contribution in [0.5, 0.6) is 0 Å². The lowest BCUT2D eigenvalue weighted by Crippen LogP contribution is -2.62. The van der Waals surface area contributed by atoms with Crippen LogP contribution in [0.4, 0.5) is 34.1 Å². The first-order valence-electron chi connectivity index (χ1n) is 31.5. The van der Waals surface area contributed by atoms with E-state index in [2.05, 4.69) is 306 Å². The number of aromatic nitrogens is 2. The Kier molecular flexibility index (Phi) is 10.9. The van der Waals surface area contributed by atoms with Crippen LogP contribution in [0.15, 0.2) is 180 Å². The number of aryl methyl sites for hydroxylation is 1. The third kappa shape index (κ3) is 7.84. The minimum absolute atomic E-state index is 0.0126. The van der Waals surface area contributed by atoms with E-state index in [0.29, 0.717) is 0 Å². The molecule has 0 N–H and O–H groups in total. The molecule has 0 radical (unpaired) electrons. The Morgan fingerprint density at radius 1 is 0.356 bits per heavy atom. The Labute approximate surface area is 512 Å². The van der Waals surface area contributed by atoms with Gasteiger partial charge in [0.15, 0.2) is 0 Å². The first-order valence-corrected chi connectivity index (χ1v) is 31.5. The summed E-state index contributed by atoms with van der Waals surface area (Å²) < 4.78 is 11.9. The number of rotatable bonds is 3. The van der Waals surface area contributed by atoms with Gasteiger partial charge in [0.1, 0.15) is 11.2 Å². The van der Waals surface area contributed by atoms with Gasteiger partial charge in [-0.15, -0.1) is 0 Å². The van der Waals surface area contributed by atoms with Crippen molar-refractivity contribution in [1.82, 2.24) is 9.13 Å². The summed E-state index contributed by atoms with van der Waals surface area (Å²) in [4.78, 5) is 5.30. The van der Waals surface area contributed by atoms with Gasteiger partial charge in [0.2, 0.25) is 0 Å². The molecule has 0 saturated carbocycles. The molecular weight excluding hydrogens is 1060 g/mol. The SMILES string of the molecule is Cc1cc2c3c(c1)N1c4c(cc(C(C)(C)C)cc4-n4c5ccc(C(C)(C)C)cc5c5cc(C(C)(C)C)cc1c54)B3c1ccc(-n3c4ccc(C(C)(C)C)cc4c4cc(C(C)(C)C)ccc43)cc1N2c1ccc(-c2cccc3c2oc2ccccc23)cc1. The molecular formula is C81H77BN4O. The van der Waals surface area contributed by atoms with Gasteiger partial charge in [-0.25, -0.2) is 0 Å². The van der Waals surface area contributed by atoms with Gasteiger partial charge in [-0.3, -0.25) is 0 Å². The Hall–Kier alpha value is -8.74. The number of benzene rings is 10. The largest absolute Gasteiger partial charge is 0.455 e. The second kappa shape index (κ2) is 17.7. The van der Waals surface area contributed by atoms with Crippen LogP contribution >= 0.6 is 0 Å². The second-order valence-corrected chi connectivity index (χ2v) is 30.8. The summed E-state index contributed by atoms with van der Waals surface area (Å²) in [6.07, 6.45) is 0. The number of hydrogen-bond donors (Lipinski definition) is 0. The van der Waals surface area contributed by atoms with Crippen molar-refractivity contribution >= 4 is 123 Å². The van der Waals surface area contributed by atoms with E-state index in [1.54, 1.807) is 0 Å². The molecule has 430 valence electrons. The smallest absolute Gasteiger partial charge is 0.252 e. The van der Waals surface area contributed by atoms with E-state index in [0.717, 1.165) is 44.4 Å². The molecule has 0 aliphatic carbocycles. The molecule has 0 fully saturated rings. The van der Waals surface area contributed by atoms with Crippen molar-refractivity contribution in [2.45, 2.75) is 138 Å². The first kappa shape index (κ1) is 53.7. The summed E-state index contributed by atoms with van der Waals surface area (Å²) >= 11 is 0. The van der Waals surface area contributed by atoms with E-state index in [4.69, 9.17) is 4.42 Å². The molecule has 13 aromatic rings. The third-order valence-corrected chi connectivity index (χ3v) is 19.8. The number of para-hydroxylation sites is 2. The van der Waals surface area contributed by atoms with Gasteiger partial charge < -0.3 is 23.4 Å². The van der Waals surface area contributed by atoms with E-state index in [9.17, 15) is 0 Å². The zero-order chi connectivity index (χ0) is 60.5. The van der Waals surface area contributed by atoms with Crippen molar-refractivity contribution in [2.24, 2.45) is 0 Å². The maximum Gasteiger partial charge on any atom is 0.252 e. The fourth-order valence-electron chi connectivity index (χ4n) is 14.9. The first-order chi connectivity index (χ1) is 41.2. The molecule has 3 aliphatic rings. The molecule has 0 atom stereocenters. The van der Waals surface area contributed by atoms with Crippen LogP contribution in [-0.2, 0) is 27.1 Å². The van der Waals surface area contributed by atoms with Crippen LogP contribution in [0, 0.1) is 6.92 Å². The molecule has 6 heteroatoms. The normalized spacial score (nSPS) is 14.1. The van der Waals surface area contributed by atoms with Crippen molar-refractivity contribution in [3.63, 3.8) is 0 Å². The van der Waals surface area contributed by atoms with Crippen molar-refractivity contribution in [3.05, 3.63) is 209 Å². The van der Waals surface area contributed by atoms with Crippen molar-refractivity contribution in [1.29, 1.82) is 0 Å². The predicted octanol–water partition coefficient (Wildman–Crippen LogP) is 20.6. The quantitative estimate of drug-likeness (QED) is 0.165. The van der Waals surface area contributed by atoms with Gasteiger partial charge in [0.25, 0.3) is 6.71 Å². The molecule has 3 aromatic heterocycles. The zero-order valence-electron chi connectivity index (χ0n) is 53.5. The van der Waals surface area contributed by atoms with E-state index >= 15 is 0 Å². The average Bonchev–Trinajstić information content (AvgIpc) is 1.66. The fourth-order valence-corrected chi connectivity index (χ4v) is 14.9. The highest BCUT2D eigenvalue weighted by atomic mass is 16.3. The topological polar surface area (TPSA) is 29.5 Å². The van der Waals surface area contributed by atoms with Crippen molar-refractivity contribution in [3.8, 4) is 22.5 Å². The summed E-state index contributed by atoms with van der Waals surface area (Å²) in [5.74, 6) is 0. The van der Waals surface area contributed by atoms with Gasteiger partial charge in [-0.1, -0.05) is 183 Å². The molecule has 0 unspecified atom stereocenters. The molecule has 3 aliphatic heterocycles. The number of fused-ring (bicyclic) bond motifs is 15. The van der Waals surface area contributed by atoms with Crippen molar-refractivity contribution < 1.29 is 4.42 Å². The molecule has 0 bridgehead atoms. The van der Waals surface area contributed by atoms with Gasteiger partial charge in [0.05, 0.1) is 39.1 Å². The Morgan fingerprint density at radius 2 is 0.874 bits per heavy atom. The van der Waals surface area contributed by atoms with E-state index in [1.807, 2.05) is 0 Å². The Balaban J connectivity index is 1.000. The molecule has 0 spiro atoms. The average molecular weight is 1130 g/mol. The summed E-state index contributed by atoms with van der Waals surface area (Å²) in [6, 6.07) is 68.5. The van der Waals surface area contributed by atoms with Crippen LogP contribution in [0.3, 0.4) is 0 Å². The highest BCUT2D eigenvalue weighted by molar-refractivity contribution is 7.00. The van der Waals surface area contributed by atoms with Gasteiger partial charge in [-0.2, -0.15) is 0 Å². The lowest BCUT2D eigenvalue weighted by molar-refractivity contribution is 0.590. The number of nitrogens with zero attached hydrogens (tertiary/aromatic N) is 4. The van der Waals surface area contributed by atoms with E-state index in [1.165, 1.54) is 128 Å². The van der Waals surface area contributed by atoms with Gasteiger partial charge >= 0.3 is 0 Å². The highest BCUT2D eigenvalue weighted by Crippen LogP contribution is 2.55. The molecule has 5 nitrogen and oxygen atoms in total. The lowest BCUT2D eigenvalue weighted by atomic mass is 9.33. The second-order valence-electron chi connectivity index (χ2n) is 30.8. The van der Waals surface area contributed by atoms with Gasteiger partial charge in [0, 0.05) is 66.3 Å². The maximum absolute atomic E-state index is 6.67. The molecule has 0 amide bonds. The minimum atomic E-state index is -0.150. The standard InChI is InChI=1S/C81H77BN4O/c1-46-36-68-73-69(37-46)86-70-43-51(80(11,12)13)41-61-60-40-50(79(8,9)10)28-35-66(60)85(74(61)70)71-44-52(81(14,15)16)42-63(75(71)86)82(73)62-32-31-54(84-64-33-26-48(77(2,3)4)38-58(64)59-39-49(78(5,6)7)27-34-65(59)84)45-67(62)83(68)53-29-24-47(25-30-53)55-21-19-22-57-56-20-17-18-23-72(56)87-76(55)57/h17-45H,1-16H3. The van der Waals surface area contributed by atoms with E-state index < -0.39 is 0 Å². The van der Waals surface area contributed by atoms with Crippen LogP contribution in [0.1, 0.15) is 137 Å². The minimum Gasteiger partial charge on any atom is -0.455 e. The predicted molar refractivity (Wildman–Crippen MR) is 374 cm³/mol. The summed E-state index contributed by atoms with van der Waals surface area (Å²) in [5.41, 5.74) is 30.1. The number of anilines is 6. The summed E-state index contributed by atoms with van der Waals surface area (Å²) in [5, 5.41) is 7.46.